The van der Waals surface area contributed by atoms with Gasteiger partial charge >= 0.3 is 0 Å². The van der Waals surface area contributed by atoms with Gasteiger partial charge in [0.2, 0.25) is 0 Å². The topological polar surface area (TPSA) is 129 Å². The zero-order valence-electron chi connectivity index (χ0n) is 11.3. The normalized spacial score (nSPS) is 10.8. The van der Waals surface area contributed by atoms with Gasteiger partial charge in [0, 0.05) is 30.3 Å². The van der Waals surface area contributed by atoms with E-state index in [-0.39, 0.29) is 22.4 Å². The van der Waals surface area contributed by atoms with Crippen LogP contribution in [0.3, 0.4) is 0 Å². The largest absolute Gasteiger partial charge is 0.278 e. The highest BCUT2D eigenvalue weighted by Gasteiger charge is 2.19. The Labute approximate surface area is 127 Å². The van der Waals surface area contributed by atoms with Crippen molar-refractivity contribution in [2.45, 2.75) is 0 Å². The second-order valence-corrected chi connectivity index (χ2v) is 4.80. The van der Waals surface area contributed by atoms with Crippen LogP contribution in [0.25, 0.3) is 21.5 Å². The smallest absolute Gasteiger partial charge is 0.258 e. The quantitative estimate of drug-likeness (QED) is 0.411. The lowest BCUT2D eigenvalue weighted by Crippen LogP contribution is -1.94. The maximum absolute atomic E-state index is 11.3. The maximum atomic E-state index is 11.3. The molecule has 23 heavy (non-hydrogen) atoms. The first-order valence-corrected chi connectivity index (χ1v) is 6.32. The fourth-order valence-corrected chi connectivity index (χ4v) is 2.50. The third-order valence-corrected chi connectivity index (χ3v) is 3.51. The molecule has 0 spiro atoms. The molecule has 3 aromatic carbocycles. The van der Waals surface area contributed by atoms with Gasteiger partial charge in [0.05, 0.1) is 20.2 Å². The van der Waals surface area contributed by atoms with Crippen molar-refractivity contribution < 1.29 is 14.8 Å². The SMILES string of the molecule is O=[N+]([O-])c1ccc2c(c1)cc([N+](=O)[O-])c1cc([N+](=O)[O-])ccc12. The molecule has 0 aliphatic heterocycles. The van der Waals surface area contributed by atoms with Crippen LogP contribution in [0, 0.1) is 30.3 Å². The van der Waals surface area contributed by atoms with E-state index in [0.29, 0.717) is 16.2 Å². The number of hydrogen-bond acceptors (Lipinski definition) is 6. The Morgan fingerprint density at radius 2 is 1.17 bits per heavy atom. The molecule has 0 saturated carbocycles. The molecule has 0 heterocycles. The van der Waals surface area contributed by atoms with Crippen molar-refractivity contribution in [2.75, 3.05) is 0 Å². The number of nitro benzene ring substituents is 3. The molecule has 0 unspecified atom stereocenters. The van der Waals surface area contributed by atoms with Crippen LogP contribution in [-0.2, 0) is 0 Å². The lowest BCUT2D eigenvalue weighted by molar-refractivity contribution is -0.386. The van der Waals surface area contributed by atoms with Crippen LogP contribution in [0.1, 0.15) is 0 Å². The molecule has 0 N–H and O–H groups in total. The summed E-state index contributed by atoms with van der Waals surface area (Å²) in [6.45, 7) is 0. The molecule has 0 aliphatic rings. The van der Waals surface area contributed by atoms with Crippen molar-refractivity contribution in [2.24, 2.45) is 0 Å². The predicted octanol–water partition coefficient (Wildman–Crippen LogP) is 3.72. The third kappa shape index (κ3) is 2.29. The van der Waals surface area contributed by atoms with E-state index < -0.39 is 14.8 Å². The number of nitro groups is 3. The highest BCUT2D eigenvalue weighted by atomic mass is 16.6. The van der Waals surface area contributed by atoms with E-state index in [1.807, 2.05) is 0 Å². The summed E-state index contributed by atoms with van der Waals surface area (Å²) in [7, 11) is 0. The average molecular weight is 313 g/mol. The second-order valence-electron chi connectivity index (χ2n) is 4.80. The third-order valence-electron chi connectivity index (χ3n) is 3.51. The van der Waals surface area contributed by atoms with Crippen molar-refractivity contribution in [1.82, 2.24) is 0 Å². The number of hydrogen-bond donors (Lipinski definition) is 0. The Hall–Kier alpha value is -3.62. The van der Waals surface area contributed by atoms with Gasteiger partial charge in [-0.2, -0.15) is 0 Å². The Morgan fingerprint density at radius 1 is 0.609 bits per heavy atom. The van der Waals surface area contributed by atoms with E-state index in [4.69, 9.17) is 0 Å². The lowest BCUT2D eigenvalue weighted by atomic mass is 9.99. The van der Waals surface area contributed by atoms with Crippen LogP contribution in [0.4, 0.5) is 17.1 Å². The maximum Gasteiger partial charge on any atom is 0.278 e. The number of nitrogens with zero attached hydrogens (tertiary/aromatic N) is 3. The van der Waals surface area contributed by atoms with E-state index in [9.17, 15) is 30.3 Å². The van der Waals surface area contributed by atoms with E-state index in [1.165, 1.54) is 36.4 Å². The molecular weight excluding hydrogens is 306 g/mol. The first-order chi connectivity index (χ1) is 10.9. The molecule has 9 heteroatoms. The van der Waals surface area contributed by atoms with Gasteiger partial charge in [0.25, 0.3) is 17.1 Å². The summed E-state index contributed by atoms with van der Waals surface area (Å²) in [5.41, 5.74) is -0.786. The highest BCUT2D eigenvalue weighted by molar-refractivity contribution is 6.12. The van der Waals surface area contributed by atoms with Crippen LogP contribution in [0.2, 0.25) is 0 Å². The molecule has 0 amide bonds. The van der Waals surface area contributed by atoms with Crippen molar-refractivity contribution in [3.05, 3.63) is 72.8 Å². The van der Waals surface area contributed by atoms with Gasteiger partial charge in [-0.05, 0) is 28.3 Å². The Kier molecular flexibility index (Phi) is 3.10. The van der Waals surface area contributed by atoms with Gasteiger partial charge in [-0.25, -0.2) is 0 Å². The summed E-state index contributed by atoms with van der Waals surface area (Å²) in [5, 5.41) is 34.4. The molecule has 0 atom stereocenters. The van der Waals surface area contributed by atoms with Gasteiger partial charge in [-0.3, -0.25) is 30.3 Å². The minimum absolute atomic E-state index is 0.116. The first kappa shape index (κ1) is 14.3. The monoisotopic (exact) mass is 313 g/mol. The number of non-ortho nitro benzene ring substituents is 3. The summed E-state index contributed by atoms with van der Waals surface area (Å²) in [5.74, 6) is 0. The van der Waals surface area contributed by atoms with Gasteiger partial charge < -0.3 is 0 Å². The Bertz CT molecular complexity index is 1010. The molecule has 0 aliphatic carbocycles. The highest BCUT2D eigenvalue weighted by Crippen LogP contribution is 2.36. The molecule has 0 saturated heterocycles. The molecule has 3 rings (SSSR count). The van der Waals surface area contributed by atoms with Gasteiger partial charge in [0.1, 0.15) is 0 Å². The van der Waals surface area contributed by atoms with Gasteiger partial charge in [-0.15, -0.1) is 0 Å². The van der Waals surface area contributed by atoms with Crippen molar-refractivity contribution in [3.63, 3.8) is 0 Å². The van der Waals surface area contributed by atoms with Crippen LogP contribution in [0.5, 0.6) is 0 Å². The number of fused-ring (bicyclic) bond motifs is 3. The molecule has 0 radical (unpaired) electrons. The summed E-state index contributed by atoms with van der Waals surface area (Å²) < 4.78 is 0. The minimum atomic E-state index is -0.662. The van der Waals surface area contributed by atoms with Crippen LogP contribution < -0.4 is 0 Å². The molecule has 3 aromatic rings. The number of rotatable bonds is 3. The summed E-state index contributed by atoms with van der Waals surface area (Å²) in [4.78, 5) is 31.1. The first-order valence-electron chi connectivity index (χ1n) is 6.32. The molecule has 114 valence electrons. The van der Waals surface area contributed by atoms with Gasteiger partial charge in [0.15, 0.2) is 0 Å². The van der Waals surface area contributed by atoms with Crippen molar-refractivity contribution in [1.29, 1.82) is 0 Å². The van der Waals surface area contributed by atoms with Crippen molar-refractivity contribution >= 4 is 38.6 Å². The molecule has 0 bridgehead atoms. The fourth-order valence-electron chi connectivity index (χ4n) is 2.50. The fraction of sp³-hybridized carbons (Fsp3) is 0. The average Bonchev–Trinajstić information content (AvgIpc) is 2.52. The predicted molar refractivity (Wildman–Crippen MR) is 81.4 cm³/mol. The summed E-state index contributed by atoms with van der Waals surface area (Å²) in [6, 6.07) is 8.98. The zero-order chi connectivity index (χ0) is 16.7. The lowest BCUT2D eigenvalue weighted by Gasteiger charge is -2.05. The van der Waals surface area contributed by atoms with Crippen LogP contribution in [0.15, 0.2) is 42.5 Å². The Morgan fingerprint density at radius 3 is 1.74 bits per heavy atom. The molecule has 0 aromatic heterocycles. The summed E-state index contributed by atoms with van der Waals surface area (Å²) >= 11 is 0. The zero-order valence-corrected chi connectivity index (χ0v) is 11.3. The van der Waals surface area contributed by atoms with E-state index in [2.05, 4.69) is 0 Å². The standard InChI is InChI=1S/C14H7N3O6/c18-15(19)9-1-3-11-8(5-9)6-14(17(22)23)13-7-10(16(20)21)2-4-12(11)13/h1-7H. The molecule has 9 nitrogen and oxygen atoms in total. The Balaban J connectivity index is 2.45. The van der Waals surface area contributed by atoms with E-state index in [1.54, 1.807) is 0 Å². The van der Waals surface area contributed by atoms with Crippen molar-refractivity contribution in [3.8, 4) is 0 Å². The van der Waals surface area contributed by atoms with Gasteiger partial charge in [-0.1, -0.05) is 0 Å². The van der Waals surface area contributed by atoms with Crippen LogP contribution in [-0.4, -0.2) is 14.8 Å². The van der Waals surface area contributed by atoms with E-state index >= 15 is 0 Å². The summed E-state index contributed by atoms with van der Waals surface area (Å²) in [6.07, 6.45) is 0. The minimum Gasteiger partial charge on any atom is -0.258 e. The number of benzene rings is 3. The second kappa shape index (κ2) is 4.98. The molecular formula is C14H7N3O6. The van der Waals surface area contributed by atoms with E-state index in [0.717, 1.165) is 6.07 Å². The van der Waals surface area contributed by atoms with Crippen LogP contribution >= 0.6 is 0 Å². The molecule has 0 fully saturated rings.